The maximum atomic E-state index is 14.3. The normalized spacial score (nSPS) is 11.8. The van der Waals surface area contributed by atoms with Crippen molar-refractivity contribution in [1.82, 2.24) is 10.2 Å². The van der Waals surface area contributed by atoms with Gasteiger partial charge in [0.15, 0.2) is 0 Å². The Bertz CT molecular complexity index is 1580. The molecule has 0 unspecified atom stereocenters. The molecule has 1 atom stereocenters. The van der Waals surface area contributed by atoms with Gasteiger partial charge in [-0.25, -0.2) is 8.42 Å². The average molecular weight is 586 g/mol. The third kappa shape index (κ3) is 7.36. The number of hydrogen-bond donors (Lipinski definition) is 1. The summed E-state index contributed by atoms with van der Waals surface area (Å²) in [7, 11) is -1.10. The molecule has 4 aromatic rings. The summed E-state index contributed by atoms with van der Waals surface area (Å²) in [5.41, 5.74) is 3.04. The molecule has 0 saturated carbocycles. The summed E-state index contributed by atoms with van der Waals surface area (Å²) >= 11 is 0. The van der Waals surface area contributed by atoms with Crippen molar-refractivity contribution in [3.63, 3.8) is 0 Å². The van der Waals surface area contributed by atoms with E-state index in [-0.39, 0.29) is 23.8 Å². The van der Waals surface area contributed by atoms with Crippen molar-refractivity contribution < 1.29 is 22.7 Å². The van der Waals surface area contributed by atoms with Crippen LogP contribution in [0.25, 0.3) is 0 Å². The van der Waals surface area contributed by atoms with Crippen LogP contribution in [0.5, 0.6) is 5.75 Å². The number of ether oxygens (including phenoxy) is 1. The fraction of sp³-hybridized carbons (Fsp3) is 0.212. The Balaban J connectivity index is 1.77. The Hall–Kier alpha value is -4.63. The summed E-state index contributed by atoms with van der Waals surface area (Å²) in [6.07, 6.45) is 0.256. The Morgan fingerprint density at radius 3 is 1.98 bits per heavy atom. The second-order valence-electron chi connectivity index (χ2n) is 9.85. The minimum Gasteiger partial charge on any atom is -0.497 e. The van der Waals surface area contributed by atoms with Crippen LogP contribution in [0.4, 0.5) is 5.69 Å². The van der Waals surface area contributed by atoms with E-state index in [0.717, 1.165) is 21.0 Å². The van der Waals surface area contributed by atoms with Gasteiger partial charge >= 0.3 is 0 Å². The van der Waals surface area contributed by atoms with Gasteiger partial charge in [0.25, 0.3) is 10.0 Å². The van der Waals surface area contributed by atoms with E-state index in [2.05, 4.69) is 5.32 Å². The summed E-state index contributed by atoms with van der Waals surface area (Å²) in [4.78, 5) is 29.1. The second-order valence-corrected chi connectivity index (χ2v) is 11.7. The molecule has 9 heteroatoms. The number of carbonyl (C=O) groups is 2. The highest BCUT2D eigenvalue weighted by molar-refractivity contribution is 7.92. The van der Waals surface area contributed by atoms with Crippen molar-refractivity contribution in [3.05, 3.63) is 126 Å². The van der Waals surface area contributed by atoms with Crippen LogP contribution < -0.4 is 14.4 Å². The van der Waals surface area contributed by atoms with Gasteiger partial charge in [0.1, 0.15) is 18.3 Å². The van der Waals surface area contributed by atoms with Gasteiger partial charge in [-0.1, -0.05) is 78.4 Å². The third-order valence-corrected chi connectivity index (χ3v) is 8.75. The fourth-order valence-corrected chi connectivity index (χ4v) is 6.04. The van der Waals surface area contributed by atoms with Crippen LogP contribution in [0, 0.1) is 6.92 Å². The molecule has 4 rings (SSSR count). The SMILES string of the molecule is CNC(=O)[C@@H](Cc1ccccc1)N(Cc1ccc(C)cc1)C(=O)CN(c1ccc(OC)cc1)S(=O)(=O)c1ccccc1. The Kier molecular flexibility index (Phi) is 9.98. The van der Waals surface area contributed by atoms with E-state index in [0.29, 0.717) is 11.4 Å². The second kappa shape index (κ2) is 13.8. The van der Waals surface area contributed by atoms with Gasteiger partial charge in [-0.2, -0.15) is 0 Å². The monoisotopic (exact) mass is 585 g/mol. The van der Waals surface area contributed by atoms with Crippen molar-refractivity contribution in [2.75, 3.05) is 25.0 Å². The van der Waals surface area contributed by atoms with Crippen molar-refractivity contribution in [2.24, 2.45) is 0 Å². The Labute approximate surface area is 247 Å². The fourth-order valence-electron chi connectivity index (χ4n) is 4.61. The zero-order valence-electron chi connectivity index (χ0n) is 23.9. The molecule has 4 aromatic carbocycles. The van der Waals surface area contributed by atoms with E-state index in [1.165, 1.54) is 31.2 Å². The predicted octanol–water partition coefficient (Wildman–Crippen LogP) is 4.59. The quantitative estimate of drug-likeness (QED) is 0.263. The Morgan fingerprint density at radius 1 is 0.810 bits per heavy atom. The van der Waals surface area contributed by atoms with Gasteiger partial charge in [-0.15, -0.1) is 0 Å². The molecule has 0 aromatic heterocycles. The molecule has 218 valence electrons. The first-order valence-electron chi connectivity index (χ1n) is 13.6. The summed E-state index contributed by atoms with van der Waals surface area (Å²) in [5, 5.41) is 2.69. The molecule has 0 fully saturated rings. The minimum atomic E-state index is -4.15. The lowest BCUT2D eigenvalue weighted by Crippen LogP contribution is -2.53. The lowest BCUT2D eigenvalue weighted by atomic mass is 10.0. The summed E-state index contributed by atoms with van der Waals surface area (Å²) < 4.78 is 34.2. The van der Waals surface area contributed by atoms with Gasteiger partial charge in [0.05, 0.1) is 17.7 Å². The number of benzene rings is 4. The maximum Gasteiger partial charge on any atom is 0.264 e. The van der Waals surface area contributed by atoms with Gasteiger partial charge in [0, 0.05) is 20.0 Å². The van der Waals surface area contributed by atoms with Gasteiger partial charge in [-0.05, 0) is 54.4 Å². The van der Waals surface area contributed by atoms with Crippen molar-refractivity contribution in [3.8, 4) is 5.75 Å². The van der Waals surface area contributed by atoms with E-state index in [4.69, 9.17) is 4.74 Å². The van der Waals surface area contributed by atoms with Gasteiger partial charge < -0.3 is 15.0 Å². The smallest absolute Gasteiger partial charge is 0.264 e. The molecule has 0 bridgehead atoms. The Morgan fingerprint density at radius 2 is 1.40 bits per heavy atom. The van der Waals surface area contributed by atoms with Crippen molar-refractivity contribution >= 4 is 27.5 Å². The number of carbonyl (C=O) groups excluding carboxylic acids is 2. The summed E-state index contributed by atoms with van der Waals surface area (Å²) in [6, 6.07) is 30.7. The van der Waals surface area contributed by atoms with E-state index >= 15 is 0 Å². The van der Waals surface area contributed by atoms with Crippen LogP contribution >= 0.6 is 0 Å². The number of rotatable bonds is 12. The number of anilines is 1. The highest BCUT2D eigenvalue weighted by Gasteiger charge is 2.34. The zero-order chi connectivity index (χ0) is 30.1. The number of sulfonamides is 1. The number of nitrogens with zero attached hydrogens (tertiary/aromatic N) is 2. The van der Waals surface area contributed by atoms with E-state index in [1.807, 2.05) is 61.5 Å². The van der Waals surface area contributed by atoms with Crippen molar-refractivity contribution in [2.45, 2.75) is 30.8 Å². The molecule has 1 N–H and O–H groups in total. The topological polar surface area (TPSA) is 96.0 Å². The third-order valence-electron chi connectivity index (χ3n) is 6.96. The molecule has 0 radical (unpaired) electrons. The number of likely N-dealkylation sites (N-methyl/N-ethyl adjacent to an activating group) is 1. The number of hydrogen-bond acceptors (Lipinski definition) is 5. The van der Waals surface area contributed by atoms with E-state index in [9.17, 15) is 18.0 Å². The molecule has 0 spiro atoms. The molecule has 8 nitrogen and oxygen atoms in total. The van der Waals surface area contributed by atoms with Crippen LogP contribution in [0.1, 0.15) is 16.7 Å². The molecule has 0 saturated heterocycles. The lowest BCUT2D eigenvalue weighted by molar-refractivity contribution is -0.139. The van der Waals surface area contributed by atoms with Gasteiger partial charge in [-0.3, -0.25) is 13.9 Å². The van der Waals surface area contributed by atoms with E-state index < -0.39 is 28.5 Å². The molecular formula is C33H35N3O5S. The highest BCUT2D eigenvalue weighted by Crippen LogP contribution is 2.27. The standard InChI is InChI=1S/C33H35N3O5S/c1-25-14-16-27(17-15-25)23-35(31(33(38)34-2)22-26-10-6-4-7-11-26)32(37)24-36(28-18-20-29(41-3)21-19-28)42(39,40)30-12-8-5-9-13-30/h4-21,31H,22-24H2,1-3H3,(H,34,38)/t31-/m1/s1. The highest BCUT2D eigenvalue weighted by atomic mass is 32.2. The van der Waals surface area contributed by atoms with Crippen LogP contribution in [0.15, 0.2) is 114 Å². The first-order valence-corrected chi connectivity index (χ1v) is 15.0. The number of nitrogens with one attached hydrogen (secondary N) is 1. The van der Waals surface area contributed by atoms with Crippen LogP contribution in [0.3, 0.4) is 0 Å². The van der Waals surface area contributed by atoms with E-state index in [1.54, 1.807) is 42.5 Å². The maximum absolute atomic E-state index is 14.3. The number of methoxy groups -OCH3 is 1. The lowest BCUT2D eigenvalue weighted by Gasteiger charge is -2.33. The first-order chi connectivity index (χ1) is 20.2. The van der Waals surface area contributed by atoms with Crippen LogP contribution in [-0.2, 0) is 32.6 Å². The first kappa shape index (κ1) is 30.3. The molecule has 0 aliphatic carbocycles. The van der Waals surface area contributed by atoms with Crippen molar-refractivity contribution in [1.29, 1.82) is 0 Å². The molecule has 0 heterocycles. The summed E-state index contributed by atoms with van der Waals surface area (Å²) in [6.45, 7) is 1.57. The van der Waals surface area contributed by atoms with Gasteiger partial charge in [0.2, 0.25) is 11.8 Å². The van der Waals surface area contributed by atoms with Crippen LogP contribution in [0.2, 0.25) is 0 Å². The molecule has 0 aliphatic heterocycles. The number of aryl methyl sites for hydroxylation is 1. The zero-order valence-corrected chi connectivity index (χ0v) is 24.8. The average Bonchev–Trinajstić information content (AvgIpc) is 3.03. The van der Waals surface area contributed by atoms with Crippen LogP contribution in [-0.4, -0.2) is 51.9 Å². The minimum absolute atomic E-state index is 0.0471. The predicted molar refractivity (Wildman–Crippen MR) is 164 cm³/mol. The molecule has 2 amide bonds. The molecule has 0 aliphatic rings. The molecular weight excluding hydrogens is 550 g/mol. The summed E-state index contributed by atoms with van der Waals surface area (Å²) in [5.74, 6) is -0.317. The number of amides is 2. The molecule has 42 heavy (non-hydrogen) atoms. The largest absolute Gasteiger partial charge is 0.497 e.